The monoisotopic (exact) mass is 549 g/mol. The third-order valence-corrected chi connectivity index (χ3v) is 10.2. The number of benzene rings is 1. The molecule has 2 bridgehead atoms. The van der Waals surface area contributed by atoms with Crippen molar-refractivity contribution in [3.8, 4) is 0 Å². The second-order valence-corrected chi connectivity index (χ2v) is 13.0. The van der Waals surface area contributed by atoms with Crippen molar-refractivity contribution in [3.05, 3.63) is 42.0 Å². The summed E-state index contributed by atoms with van der Waals surface area (Å²) in [5, 5.41) is 6.34. The lowest BCUT2D eigenvalue weighted by Crippen LogP contribution is -2.58. The zero-order valence-corrected chi connectivity index (χ0v) is 24.1. The van der Waals surface area contributed by atoms with Crippen LogP contribution in [0.3, 0.4) is 0 Å². The summed E-state index contributed by atoms with van der Waals surface area (Å²) >= 11 is 0. The van der Waals surface area contributed by atoms with Crippen LogP contribution in [0.5, 0.6) is 0 Å². The average molecular weight is 550 g/mol. The predicted molar refractivity (Wildman–Crippen MR) is 151 cm³/mol. The molecule has 4 heterocycles. The first-order valence-electron chi connectivity index (χ1n) is 15.2. The number of amides is 3. The molecule has 1 aromatic rings. The van der Waals surface area contributed by atoms with E-state index in [0.29, 0.717) is 36.6 Å². The molecule has 1 aliphatic carbocycles. The Labute approximate surface area is 237 Å². The van der Waals surface area contributed by atoms with Crippen molar-refractivity contribution in [1.29, 1.82) is 0 Å². The van der Waals surface area contributed by atoms with Crippen molar-refractivity contribution in [2.45, 2.75) is 95.6 Å². The molecular formula is C32H43N3O5. The third kappa shape index (κ3) is 4.57. The van der Waals surface area contributed by atoms with E-state index >= 15 is 0 Å². The van der Waals surface area contributed by atoms with E-state index in [0.717, 1.165) is 32.1 Å². The highest BCUT2D eigenvalue weighted by Gasteiger charge is 2.73. The fourth-order valence-corrected chi connectivity index (χ4v) is 7.70. The highest BCUT2D eigenvalue weighted by Crippen LogP contribution is 2.55. The quantitative estimate of drug-likeness (QED) is 0.501. The molecule has 4 aliphatic heterocycles. The van der Waals surface area contributed by atoms with E-state index in [1.54, 1.807) is 4.90 Å². The van der Waals surface area contributed by atoms with Crippen LogP contribution in [0.15, 0.2) is 36.4 Å². The van der Waals surface area contributed by atoms with E-state index < -0.39 is 29.6 Å². The maximum absolute atomic E-state index is 14.2. The van der Waals surface area contributed by atoms with Crippen molar-refractivity contribution < 1.29 is 23.9 Å². The zero-order chi connectivity index (χ0) is 28.2. The third-order valence-electron chi connectivity index (χ3n) is 10.2. The summed E-state index contributed by atoms with van der Waals surface area (Å²) < 4.78 is 12.4. The van der Waals surface area contributed by atoms with Gasteiger partial charge in [-0.15, -0.1) is 0 Å². The minimum Gasteiger partial charge on any atom is -0.376 e. The normalized spacial score (nSPS) is 38.2. The van der Waals surface area contributed by atoms with Crippen LogP contribution in [0.2, 0.25) is 0 Å². The maximum atomic E-state index is 14.2. The Morgan fingerprint density at radius 1 is 1.07 bits per heavy atom. The van der Waals surface area contributed by atoms with Gasteiger partial charge in [0.25, 0.3) is 0 Å². The molecule has 1 saturated carbocycles. The van der Waals surface area contributed by atoms with Crippen molar-refractivity contribution >= 4 is 23.4 Å². The lowest BCUT2D eigenvalue weighted by Gasteiger charge is -2.38. The standard InChI is InChI=1S/C32H43N3O5/c1-18(2)21-10-12-22(13-11-21)33-29(36)26-25-14-15-32(40-25)27(26)31(38)35(17-23-8-6-16-39-23)28(32)30(37)34-24-9-5-7-19(3)20(24)4/h10-15,18-20,23-28H,5-9,16-17H2,1-4H3,(H,33,36)(H,34,37)/t19?,20?,23?,24?,25-,26?,27-,28?,32?/m1/s1. The summed E-state index contributed by atoms with van der Waals surface area (Å²) in [7, 11) is 0. The number of carbonyl (C=O) groups excluding carboxylic acids is 3. The molecule has 8 nitrogen and oxygen atoms in total. The van der Waals surface area contributed by atoms with Gasteiger partial charge in [-0.05, 0) is 54.7 Å². The number of fused-ring (bicyclic) bond motifs is 1. The molecule has 3 amide bonds. The second kappa shape index (κ2) is 10.6. The summed E-state index contributed by atoms with van der Waals surface area (Å²) in [6, 6.07) is 7.04. The molecule has 3 saturated heterocycles. The Bertz CT molecular complexity index is 1180. The second-order valence-electron chi connectivity index (χ2n) is 13.0. The van der Waals surface area contributed by atoms with E-state index in [-0.39, 0.29) is 29.9 Å². The van der Waals surface area contributed by atoms with E-state index in [1.807, 2.05) is 36.4 Å². The zero-order valence-electron chi connectivity index (χ0n) is 24.1. The number of nitrogens with zero attached hydrogens (tertiary/aromatic N) is 1. The Hall–Kier alpha value is -2.71. The van der Waals surface area contributed by atoms with Gasteiger partial charge >= 0.3 is 0 Å². The molecule has 6 rings (SSSR count). The van der Waals surface area contributed by atoms with Crippen LogP contribution >= 0.6 is 0 Å². The van der Waals surface area contributed by atoms with Crippen LogP contribution in [0.1, 0.15) is 71.3 Å². The first-order chi connectivity index (χ1) is 19.2. The number of likely N-dealkylation sites (tertiary alicyclic amines) is 1. The van der Waals surface area contributed by atoms with Gasteiger partial charge in [0.05, 0.1) is 24.0 Å². The molecular weight excluding hydrogens is 506 g/mol. The summed E-state index contributed by atoms with van der Waals surface area (Å²) in [5.74, 6) is -0.815. The number of carbonyl (C=O) groups is 3. The van der Waals surface area contributed by atoms with Crippen molar-refractivity contribution in [2.75, 3.05) is 18.5 Å². The fourth-order valence-electron chi connectivity index (χ4n) is 7.70. The minimum absolute atomic E-state index is 0.0573. The van der Waals surface area contributed by atoms with E-state index in [1.165, 1.54) is 5.56 Å². The Balaban J connectivity index is 1.27. The van der Waals surface area contributed by atoms with Crippen molar-refractivity contribution in [2.24, 2.45) is 23.7 Å². The van der Waals surface area contributed by atoms with Gasteiger partial charge in [-0.2, -0.15) is 0 Å². The van der Waals surface area contributed by atoms with Crippen molar-refractivity contribution in [3.63, 3.8) is 0 Å². The number of nitrogens with one attached hydrogen (secondary N) is 2. The van der Waals surface area contributed by atoms with Gasteiger partial charge in [0.15, 0.2) is 0 Å². The van der Waals surface area contributed by atoms with E-state index in [9.17, 15) is 14.4 Å². The van der Waals surface area contributed by atoms with E-state index in [2.05, 4.69) is 38.3 Å². The van der Waals surface area contributed by atoms with Crippen LogP contribution < -0.4 is 10.6 Å². The summed E-state index contributed by atoms with van der Waals surface area (Å²) in [6.07, 6.45) is 8.06. The topological polar surface area (TPSA) is 97.0 Å². The molecule has 8 heteroatoms. The molecule has 7 unspecified atom stereocenters. The molecule has 0 aromatic heterocycles. The summed E-state index contributed by atoms with van der Waals surface area (Å²) in [4.78, 5) is 43.7. The van der Waals surface area contributed by atoms with Gasteiger partial charge in [0, 0.05) is 24.9 Å². The molecule has 9 atom stereocenters. The van der Waals surface area contributed by atoms with Crippen LogP contribution in [0.4, 0.5) is 5.69 Å². The number of hydrogen-bond donors (Lipinski definition) is 2. The molecule has 40 heavy (non-hydrogen) atoms. The molecule has 5 aliphatic rings. The average Bonchev–Trinajstić information content (AvgIpc) is 3.70. The molecule has 1 aromatic carbocycles. The molecule has 216 valence electrons. The van der Waals surface area contributed by atoms with Gasteiger partial charge in [-0.3, -0.25) is 14.4 Å². The summed E-state index contributed by atoms with van der Waals surface area (Å²) in [6.45, 7) is 9.69. The highest BCUT2D eigenvalue weighted by molar-refractivity contribution is 6.02. The van der Waals surface area contributed by atoms with E-state index in [4.69, 9.17) is 9.47 Å². The van der Waals surface area contributed by atoms with Gasteiger partial charge in [-0.1, -0.05) is 64.8 Å². The van der Waals surface area contributed by atoms with Crippen LogP contribution in [-0.2, 0) is 23.9 Å². The molecule has 2 N–H and O–H groups in total. The first kappa shape index (κ1) is 27.5. The lowest BCUT2D eigenvalue weighted by atomic mass is 9.73. The van der Waals surface area contributed by atoms with Gasteiger partial charge in [0.2, 0.25) is 17.7 Å². The maximum Gasteiger partial charge on any atom is 0.246 e. The van der Waals surface area contributed by atoms with Crippen LogP contribution in [0.25, 0.3) is 0 Å². The van der Waals surface area contributed by atoms with Gasteiger partial charge in [-0.25, -0.2) is 0 Å². The molecule has 0 radical (unpaired) electrons. The van der Waals surface area contributed by atoms with Crippen LogP contribution in [-0.4, -0.2) is 65.7 Å². The molecule has 4 fully saturated rings. The minimum atomic E-state index is -1.16. The number of rotatable bonds is 7. The predicted octanol–water partition coefficient (Wildman–Crippen LogP) is 4.02. The highest BCUT2D eigenvalue weighted by atomic mass is 16.5. The fraction of sp³-hybridized carbons (Fsp3) is 0.656. The number of hydrogen-bond acceptors (Lipinski definition) is 5. The first-order valence-corrected chi connectivity index (χ1v) is 15.2. The SMILES string of the molecule is CC(C)c1ccc(NC(=O)C2[C@H]3C=CC4(O3)C(C(=O)NC3CCCC(C)C3C)N(CC3CCCO3)C(=O)[C@@H]24)cc1. The number of anilines is 1. The Morgan fingerprint density at radius 3 is 2.55 bits per heavy atom. The lowest BCUT2D eigenvalue weighted by molar-refractivity contribution is -0.143. The van der Waals surface area contributed by atoms with Crippen LogP contribution in [0, 0.1) is 23.7 Å². The largest absolute Gasteiger partial charge is 0.376 e. The smallest absolute Gasteiger partial charge is 0.246 e. The Kier molecular flexibility index (Phi) is 7.28. The Morgan fingerprint density at radius 2 is 1.85 bits per heavy atom. The van der Waals surface area contributed by atoms with Gasteiger partial charge in [0.1, 0.15) is 11.6 Å². The molecule has 1 spiro atoms. The van der Waals surface area contributed by atoms with Gasteiger partial charge < -0.3 is 25.0 Å². The number of ether oxygens (including phenoxy) is 2. The van der Waals surface area contributed by atoms with Crippen molar-refractivity contribution in [1.82, 2.24) is 10.2 Å². The summed E-state index contributed by atoms with van der Waals surface area (Å²) in [5.41, 5.74) is 0.721.